The van der Waals surface area contributed by atoms with Crippen LogP contribution in [0.5, 0.6) is 0 Å². The Labute approximate surface area is 143 Å². The van der Waals surface area contributed by atoms with Gasteiger partial charge in [0, 0.05) is 13.0 Å². The first-order valence-corrected chi connectivity index (χ1v) is 7.72. The molecule has 0 spiro atoms. The SMILES string of the molecule is NC(=O)CCC(N)C(=O)NC(CC(=O)O)C(=O)N1CCCC1C(=O)O. The second-order valence-corrected chi connectivity index (χ2v) is 5.80. The van der Waals surface area contributed by atoms with Crippen LogP contribution in [0.25, 0.3) is 0 Å². The second-order valence-electron chi connectivity index (χ2n) is 5.80. The molecule has 11 nitrogen and oxygen atoms in total. The smallest absolute Gasteiger partial charge is 0.326 e. The maximum absolute atomic E-state index is 12.5. The number of amides is 3. The summed E-state index contributed by atoms with van der Waals surface area (Å²) in [5.41, 5.74) is 10.5. The molecule has 140 valence electrons. The largest absolute Gasteiger partial charge is 0.481 e. The third-order valence-electron chi connectivity index (χ3n) is 3.85. The normalized spacial score (nSPS) is 19.1. The van der Waals surface area contributed by atoms with Crippen molar-refractivity contribution in [2.75, 3.05) is 6.54 Å². The third kappa shape index (κ3) is 6.03. The van der Waals surface area contributed by atoms with Gasteiger partial charge in [-0.3, -0.25) is 19.2 Å². The number of rotatable bonds is 9. The Morgan fingerprint density at radius 2 is 1.84 bits per heavy atom. The van der Waals surface area contributed by atoms with E-state index in [0.717, 1.165) is 4.90 Å². The number of carboxylic acids is 2. The number of likely N-dealkylation sites (tertiary alicyclic amines) is 1. The molecule has 0 aromatic carbocycles. The van der Waals surface area contributed by atoms with Crippen LogP contribution in [0.15, 0.2) is 0 Å². The topological polar surface area (TPSA) is 193 Å². The Hall–Kier alpha value is -2.69. The fraction of sp³-hybridized carbons (Fsp3) is 0.643. The van der Waals surface area contributed by atoms with Crippen LogP contribution in [0.1, 0.15) is 32.1 Å². The first-order valence-electron chi connectivity index (χ1n) is 7.72. The monoisotopic (exact) mass is 358 g/mol. The molecule has 1 heterocycles. The van der Waals surface area contributed by atoms with E-state index >= 15 is 0 Å². The zero-order valence-corrected chi connectivity index (χ0v) is 13.5. The average Bonchev–Trinajstić information content (AvgIpc) is 3.00. The Morgan fingerprint density at radius 1 is 1.20 bits per heavy atom. The summed E-state index contributed by atoms with van der Waals surface area (Å²) in [5, 5.41) is 20.3. The minimum absolute atomic E-state index is 0.0589. The van der Waals surface area contributed by atoms with Crippen LogP contribution in [-0.4, -0.2) is 69.4 Å². The molecule has 1 aliphatic heterocycles. The Bertz CT molecular complexity index is 565. The first-order chi connectivity index (χ1) is 11.6. The number of carbonyl (C=O) groups is 5. The molecule has 3 unspecified atom stereocenters. The van der Waals surface area contributed by atoms with Gasteiger partial charge < -0.3 is 31.9 Å². The van der Waals surface area contributed by atoms with Gasteiger partial charge in [0.2, 0.25) is 17.7 Å². The lowest BCUT2D eigenvalue weighted by Crippen LogP contribution is -2.55. The summed E-state index contributed by atoms with van der Waals surface area (Å²) < 4.78 is 0. The number of carboxylic acid groups (broad SMARTS) is 2. The average molecular weight is 358 g/mol. The van der Waals surface area contributed by atoms with Gasteiger partial charge in [-0.25, -0.2) is 4.79 Å². The molecule has 1 aliphatic rings. The maximum atomic E-state index is 12.5. The third-order valence-corrected chi connectivity index (χ3v) is 3.85. The highest BCUT2D eigenvalue weighted by Crippen LogP contribution is 2.19. The number of nitrogens with two attached hydrogens (primary N) is 2. The van der Waals surface area contributed by atoms with Crippen LogP contribution >= 0.6 is 0 Å². The lowest BCUT2D eigenvalue weighted by Gasteiger charge is -2.27. The summed E-state index contributed by atoms with van der Waals surface area (Å²) in [7, 11) is 0. The van der Waals surface area contributed by atoms with Crippen molar-refractivity contribution in [3.8, 4) is 0 Å². The van der Waals surface area contributed by atoms with Crippen molar-refractivity contribution >= 4 is 29.7 Å². The van der Waals surface area contributed by atoms with Gasteiger partial charge in [0.15, 0.2) is 0 Å². The van der Waals surface area contributed by atoms with E-state index in [2.05, 4.69) is 5.32 Å². The molecule has 0 saturated carbocycles. The zero-order valence-electron chi connectivity index (χ0n) is 13.5. The van der Waals surface area contributed by atoms with Crippen LogP contribution in [0, 0.1) is 0 Å². The predicted octanol–water partition coefficient (Wildman–Crippen LogP) is -2.39. The zero-order chi connectivity index (χ0) is 19.1. The second kappa shape index (κ2) is 8.97. The van der Waals surface area contributed by atoms with E-state index in [9.17, 15) is 24.0 Å². The van der Waals surface area contributed by atoms with Gasteiger partial charge >= 0.3 is 11.9 Å². The van der Waals surface area contributed by atoms with Crippen molar-refractivity contribution in [3.63, 3.8) is 0 Å². The number of hydrogen-bond donors (Lipinski definition) is 5. The molecular formula is C14H22N4O7. The summed E-state index contributed by atoms with van der Waals surface area (Å²) in [4.78, 5) is 58.4. The van der Waals surface area contributed by atoms with E-state index in [1.54, 1.807) is 0 Å². The van der Waals surface area contributed by atoms with Crippen LogP contribution in [0.2, 0.25) is 0 Å². The molecule has 25 heavy (non-hydrogen) atoms. The fourth-order valence-electron chi connectivity index (χ4n) is 2.57. The summed E-state index contributed by atoms with van der Waals surface area (Å²) in [6.45, 7) is 0.162. The summed E-state index contributed by atoms with van der Waals surface area (Å²) in [6, 6.07) is -3.64. The summed E-state index contributed by atoms with van der Waals surface area (Å²) in [5.74, 6) is -4.78. The summed E-state index contributed by atoms with van der Waals surface area (Å²) in [6.07, 6.45) is -0.187. The highest BCUT2D eigenvalue weighted by atomic mass is 16.4. The molecule has 1 saturated heterocycles. The number of primary amides is 1. The number of hydrogen-bond acceptors (Lipinski definition) is 6. The lowest BCUT2D eigenvalue weighted by atomic mass is 10.1. The predicted molar refractivity (Wildman–Crippen MR) is 83.0 cm³/mol. The lowest BCUT2D eigenvalue weighted by molar-refractivity contribution is -0.150. The van der Waals surface area contributed by atoms with Gasteiger partial charge in [0.25, 0.3) is 0 Å². The molecule has 1 rings (SSSR count). The molecule has 0 aliphatic carbocycles. The number of carbonyl (C=O) groups excluding carboxylic acids is 3. The Morgan fingerprint density at radius 3 is 2.36 bits per heavy atom. The molecule has 11 heteroatoms. The Kier molecular flexibility index (Phi) is 7.30. The molecule has 7 N–H and O–H groups in total. The van der Waals surface area contributed by atoms with Crippen molar-refractivity contribution in [2.24, 2.45) is 11.5 Å². The highest BCUT2D eigenvalue weighted by molar-refractivity contribution is 5.94. The van der Waals surface area contributed by atoms with E-state index in [1.807, 2.05) is 0 Å². The minimum atomic E-state index is -1.44. The van der Waals surface area contributed by atoms with E-state index in [-0.39, 0.29) is 25.8 Å². The molecule has 0 radical (unpaired) electrons. The minimum Gasteiger partial charge on any atom is -0.481 e. The number of nitrogens with zero attached hydrogens (tertiary/aromatic N) is 1. The molecule has 1 fully saturated rings. The van der Waals surface area contributed by atoms with Gasteiger partial charge in [-0.15, -0.1) is 0 Å². The van der Waals surface area contributed by atoms with Gasteiger partial charge in [-0.1, -0.05) is 0 Å². The standard InChI is InChI=1S/C14H22N4O7/c15-7(3-4-10(16)19)12(22)17-8(6-11(20)21)13(23)18-5-1-2-9(18)14(24)25/h7-9H,1-6,15H2,(H2,16,19)(H,17,22)(H,20,21)(H,24,25). The highest BCUT2D eigenvalue weighted by Gasteiger charge is 2.38. The molecule has 0 aromatic heterocycles. The van der Waals surface area contributed by atoms with Gasteiger partial charge in [0.05, 0.1) is 12.5 Å². The molecule has 0 aromatic rings. The molecule has 0 bridgehead atoms. The van der Waals surface area contributed by atoms with Crippen LogP contribution in [0.3, 0.4) is 0 Å². The van der Waals surface area contributed by atoms with Crippen molar-refractivity contribution in [1.29, 1.82) is 0 Å². The van der Waals surface area contributed by atoms with Crippen molar-refractivity contribution in [2.45, 2.75) is 50.2 Å². The fourth-order valence-corrected chi connectivity index (χ4v) is 2.57. The molecule has 3 atom stereocenters. The van der Waals surface area contributed by atoms with Crippen molar-refractivity contribution in [1.82, 2.24) is 10.2 Å². The van der Waals surface area contributed by atoms with E-state index in [0.29, 0.717) is 6.42 Å². The number of aliphatic carboxylic acids is 2. The van der Waals surface area contributed by atoms with Crippen LogP contribution in [0.4, 0.5) is 0 Å². The maximum Gasteiger partial charge on any atom is 0.326 e. The number of nitrogens with one attached hydrogen (secondary N) is 1. The van der Waals surface area contributed by atoms with Crippen LogP contribution in [-0.2, 0) is 24.0 Å². The Balaban J connectivity index is 2.80. The van der Waals surface area contributed by atoms with Gasteiger partial charge in [-0.05, 0) is 19.3 Å². The van der Waals surface area contributed by atoms with E-state index in [4.69, 9.17) is 21.7 Å². The van der Waals surface area contributed by atoms with Gasteiger partial charge in [0.1, 0.15) is 12.1 Å². The van der Waals surface area contributed by atoms with E-state index < -0.39 is 54.2 Å². The van der Waals surface area contributed by atoms with Crippen molar-refractivity contribution < 1.29 is 34.2 Å². The van der Waals surface area contributed by atoms with Crippen LogP contribution < -0.4 is 16.8 Å². The van der Waals surface area contributed by atoms with Gasteiger partial charge in [-0.2, -0.15) is 0 Å². The van der Waals surface area contributed by atoms with Crippen molar-refractivity contribution in [3.05, 3.63) is 0 Å². The summed E-state index contributed by atoms with van der Waals surface area (Å²) >= 11 is 0. The first kappa shape index (κ1) is 20.4. The van der Waals surface area contributed by atoms with E-state index in [1.165, 1.54) is 0 Å². The molecular weight excluding hydrogens is 336 g/mol. The molecule has 3 amide bonds. The quantitative estimate of drug-likeness (QED) is 0.301.